The maximum absolute atomic E-state index is 13.6. The van der Waals surface area contributed by atoms with Gasteiger partial charge in [-0.1, -0.05) is 23.3 Å². The van der Waals surface area contributed by atoms with Gasteiger partial charge in [0.2, 0.25) is 0 Å². The minimum atomic E-state index is -0.576. The molecule has 94 valence electrons. The van der Waals surface area contributed by atoms with Gasteiger partial charge in [-0.3, -0.25) is 0 Å². The number of carbonyl (C=O) groups excluding carboxylic acids is 1. The summed E-state index contributed by atoms with van der Waals surface area (Å²) in [6, 6.07) is 4.10. The summed E-state index contributed by atoms with van der Waals surface area (Å²) < 4.78 is 18.1. The molecule has 18 heavy (non-hydrogen) atoms. The van der Waals surface area contributed by atoms with Crippen molar-refractivity contribution in [3.05, 3.63) is 51.7 Å². The Morgan fingerprint density at radius 1 is 1.61 bits per heavy atom. The molecule has 1 aromatic carbocycles. The minimum absolute atomic E-state index is 0.168. The molecule has 0 amide bonds. The van der Waals surface area contributed by atoms with Crippen LogP contribution in [0, 0.1) is 5.82 Å². The van der Waals surface area contributed by atoms with Gasteiger partial charge in [0.15, 0.2) is 0 Å². The largest absolute Gasteiger partial charge is 0.465 e. The summed E-state index contributed by atoms with van der Waals surface area (Å²) in [7, 11) is 1.24. The number of nitrogens with zero attached hydrogens (tertiary/aromatic N) is 3. The first-order valence-electron chi connectivity index (χ1n) is 5.24. The fraction of sp³-hybridized carbons (Fsp3) is 0.250. The molecule has 0 aromatic heterocycles. The first-order valence-corrected chi connectivity index (χ1v) is 5.24. The third-order valence-corrected chi connectivity index (χ3v) is 2.18. The van der Waals surface area contributed by atoms with Gasteiger partial charge in [-0.25, -0.2) is 9.18 Å². The van der Waals surface area contributed by atoms with Crippen LogP contribution in [0.2, 0.25) is 0 Å². The highest BCUT2D eigenvalue weighted by Crippen LogP contribution is 2.13. The number of rotatable bonds is 5. The Kier molecular flexibility index (Phi) is 5.41. The fourth-order valence-electron chi connectivity index (χ4n) is 1.29. The molecule has 0 aliphatic rings. The zero-order valence-electron chi connectivity index (χ0n) is 9.84. The Labute approximate surface area is 104 Å². The van der Waals surface area contributed by atoms with E-state index in [-0.39, 0.29) is 5.56 Å². The molecule has 0 bridgehead atoms. The lowest BCUT2D eigenvalue weighted by Gasteiger charge is -2.01. The predicted octanol–water partition coefficient (Wildman–Crippen LogP) is 3.33. The molecule has 0 atom stereocenters. The summed E-state index contributed by atoms with van der Waals surface area (Å²) in [4.78, 5) is 13.8. The second kappa shape index (κ2) is 7.09. The number of azide groups is 1. The van der Waals surface area contributed by atoms with Crippen LogP contribution >= 0.6 is 0 Å². The number of halogens is 1. The van der Waals surface area contributed by atoms with E-state index in [4.69, 9.17) is 5.53 Å². The van der Waals surface area contributed by atoms with Gasteiger partial charge in [-0.05, 0) is 24.1 Å². The van der Waals surface area contributed by atoms with Crippen molar-refractivity contribution in [3.63, 3.8) is 0 Å². The number of hydrogen-bond acceptors (Lipinski definition) is 3. The fourth-order valence-corrected chi connectivity index (χ4v) is 1.29. The minimum Gasteiger partial charge on any atom is -0.465 e. The molecular weight excluding hydrogens is 237 g/mol. The van der Waals surface area contributed by atoms with Crippen molar-refractivity contribution in [1.29, 1.82) is 0 Å². The number of hydrogen-bond donors (Lipinski definition) is 0. The van der Waals surface area contributed by atoms with Gasteiger partial charge in [-0.2, -0.15) is 0 Å². The van der Waals surface area contributed by atoms with Crippen LogP contribution in [0.4, 0.5) is 4.39 Å². The first-order chi connectivity index (χ1) is 8.69. The maximum Gasteiger partial charge on any atom is 0.337 e. The smallest absolute Gasteiger partial charge is 0.337 e. The molecule has 0 aliphatic carbocycles. The number of methoxy groups -OCH3 is 1. The van der Waals surface area contributed by atoms with Gasteiger partial charge in [0, 0.05) is 17.0 Å². The van der Waals surface area contributed by atoms with Crippen molar-refractivity contribution >= 4 is 12.0 Å². The number of ether oxygens (including phenoxy) is 1. The molecule has 0 radical (unpaired) electrons. The van der Waals surface area contributed by atoms with E-state index < -0.39 is 11.8 Å². The molecule has 0 unspecified atom stereocenters. The summed E-state index contributed by atoms with van der Waals surface area (Å²) in [6.45, 7) is 0.328. The van der Waals surface area contributed by atoms with Gasteiger partial charge in [0.05, 0.1) is 12.7 Å². The van der Waals surface area contributed by atoms with Crippen molar-refractivity contribution in [1.82, 2.24) is 0 Å². The third-order valence-electron chi connectivity index (χ3n) is 2.18. The molecule has 6 heteroatoms. The summed E-state index contributed by atoms with van der Waals surface area (Å²) >= 11 is 0. The maximum atomic E-state index is 13.6. The Bertz CT molecular complexity index is 508. The van der Waals surface area contributed by atoms with E-state index in [1.807, 2.05) is 0 Å². The average molecular weight is 249 g/mol. The standard InChI is InChI=1S/C12H12FN3O2/c1-18-12(17)10-6-5-9(11(13)8-10)4-2-3-7-15-16-14/h2,4-6,8H,3,7H2,1H3. The van der Waals surface area contributed by atoms with Gasteiger partial charge < -0.3 is 4.74 Å². The van der Waals surface area contributed by atoms with Gasteiger partial charge >= 0.3 is 5.97 Å². The van der Waals surface area contributed by atoms with Gasteiger partial charge in [0.25, 0.3) is 0 Å². The van der Waals surface area contributed by atoms with Crippen LogP contribution in [-0.4, -0.2) is 19.6 Å². The number of benzene rings is 1. The third kappa shape index (κ3) is 3.92. The van der Waals surface area contributed by atoms with E-state index in [0.717, 1.165) is 6.07 Å². The van der Waals surface area contributed by atoms with E-state index in [1.165, 1.54) is 19.2 Å². The van der Waals surface area contributed by atoms with Crippen LogP contribution in [0.5, 0.6) is 0 Å². The van der Waals surface area contributed by atoms with Crippen molar-refractivity contribution in [2.45, 2.75) is 6.42 Å². The summed E-state index contributed by atoms with van der Waals surface area (Å²) in [5.74, 6) is -1.08. The molecule has 5 nitrogen and oxygen atoms in total. The second-order valence-electron chi connectivity index (χ2n) is 3.37. The lowest BCUT2D eigenvalue weighted by molar-refractivity contribution is 0.0600. The first kappa shape index (κ1) is 13.7. The second-order valence-corrected chi connectivity index (χ2v) is 3.37. The molecule has 0 spiro atoms. The highest BCUT2D eigenvalue weighted by molar-refractivity contribution is 5.89. The van der Waals surface area contributed by atoms with Crippen LogP contribution in [0.15, 0.2) is 29.4 Å². The number of esters is 1. The summed E-state index contributed by atoms with van der Waals surface area (Å²) in [5.41, 5.74) is 8.60. The van der Waals surface area contributed by atoms with Crippen molar-refractivity contribution in [3.8, 4) is 0 Å². The Morgan fingerprint density at radius 2 is 2.39 bits per heavy atom. The van der Waals surface area contributed by atoms with E-state index >= 15 is 0 Å². The van der Waals surface area contributed by atoms with E-state index in [2.05, 4.69) is 14.8 Å². The van der Waals surface area contributed by atoms with E-state index in [0.29, 0.717) is 18.5 Å². The van der Waals surface area contributed by atoms with Gasteiger partial charge in [0.1, 0.15) is 5.82 Å². The molecule has 0 heterocycles. The van der Waals surface area contributed by atoms with Crippen LogP contribution in [0.1, 0.15) is 22.3 Å². The van der Waals surface area contributed by atoms with Crippen molar-refractivity contribution in [2.75, 3.05) is 13.7 Å². The molecule has 1 rings (SSSR count). The molecule has 0 fully saturated rings. The van der Waals surface area contributed by atoms with E-state index in [9.17, 15) is 9.18 Å². The van der Waals surface area contributed by atoms with Crippen LogP contribution in [-0.2, 0) is 4.74 Å². The average Bonchev–Trinajstić information content (AvgIpc) is 2.39. The van der Waals surface area contributed by atoms with Crippen LogP contribution in [0.3, 0.4) is 0 Å². The molecular formula is C12H12FN3O2. The number of carbonyl (C=O) groups is 1. The lowest BCUT2D eigenvalue weighted by Crippen LogP contribution is -2.01. The topological polar surface area (TPSA) is 75.1 Å². The van der Waals surface area contributed by atoms with E-state index in [1.54, 1.807) is 12.2 Å². The zero-order chi connectivity index (χ0) is 13.4. The van der Waals surface area contributed by atoms with Gasteiger partial charge in [-0.15, -0.1) is 0 Å². The Morgan fingerprint density at radius 3 is 3.00 bits per heavy atom. The van der Waals surface area contributed by atoms with Crippen LogP contribution in [0.25, 0.3) is 16.5 Å². The lowest BCUT2D eigenvalue weighted by atomic mass is 10.1. The highest BCUT2D eigenvalue weighted by Gasteiger charge is 2.07. The Balaban J connectivity index is 2.73. The summed E-state index contributed by atoms with van der Waals surface area (Å²) in [5, 5.41) is 3.35. The van der Waals surface area contributed by atoms with Crippen molar-refractivity contribution < 1.29 is 13.9 Å². The zero-order valence-corrected chi connectivity index (χ0v) is 9.84. The van der Waals surface area contributed by atoms with Crippen molar-refractivity contribution in [2.24, 2.45) is 5.11 Å². The molecule has 0 saturated heterocycles. The molecule has 0 aliphatic heterocycles. The molecule has 1 aromatic rings. The molecule has 0 N–H and O–H groups in total. The predicted molar refractivity (Wildman–Crippen MR) is 65.4 cm³/mol. The molecule has 0 saturated carbocycles. The normalized spacial score (nSPS) is 10.1. The SMILES string of the molecule is COC(=O)c1ccc(C=CCCN=[N+]=[N-])c(F)c1. The Hall–Kier alpha value is -2.33. The quantitative estimate of drug-likeness (QED) is 0.264. The summed E-state index contributed by atoms with van der Waals surface area (Å²) in [6.07, 6.45) is 3.80. The highest BCUT2D eigenvalue weighted by atomic mass is 19.1. The van der Waals surface area contributed by atoms with Crippen LogP contribution < -0.4 is 0 Å². The monoisotopic (exact) mass is 249 g/mol.